The van der Waals surface area contributed by atoms with Crippen LogP contribution in [-0.4, -0.2) is 51.1 Å². The molecule has 5 N–H and O–H groups in total. The number of hydrogen-bond acceptors (Lipinski definition) is 6. The van der Waals surface area contributed by atoms with Crippen LogP contribution in [-0.2, 0) is 14.4 Å². The van der Waals surface area contributed by atoms with Gasteiger partial charge in [-0.05, 0) is 56.4 Å². The smallest absolute Gasteiger partial charge is 0.227 e. The predicted octanol–water partition coefficient (Wildman–Crippen LogP) is 0.637. The van der Waals surface area contributed by atoms with Crippen molar-refractivity contribution in [2.75, 3.05) is 6.61 Å². The van der Waals surface area contributed by atoms with Crippen molar-refractivity contribution in [1.29, 1.82) is 0 Å². The van der Waals surface area contributed by atoms with Gasteiger partial charge in [0, 0.05) is 17.3 Å². The number of Topliss-reactive ketones (excluding diaryl/α,β-unsaturated/α-hetero) is 1. The highest BCUT2D eigenvalue weighted by Gasteiger charge is 2.75. The molecule has 0 bridgehead atoms. The maximum atomic E-state index is 13.1. The largest absolute Gasteiger partial charge is 0.392 e. The summed E-state index contributed by atoms with van der Waals surface area (Å²) in [5, 5.41) is 32.2. The third-order valence-corrected chi connectivity index (χ3v) is 9.36. The van der Waals surface area contributed by atoms with Gasteiger partial charge >= 0.3 is 0 Å². The zero-order chi connectivity index (χ0) is 21.4. The topological polar surface area (TPSA) is 138 Å². The highest BCUT2D eigenvalue weighted by atomic mass is 16.3. The summed E-state index contributed by atoms with van der Waals surface area (Å²) < 4.78 is 0. The van der Waals surface area contributed by atoms with E-state index in [1.165, 1.54) is 0 Å². The lowest BCUT2D eigenvalue weighted by molar-refractivity contribution is -0.218. The van der Waals surface area contributed by atoms with Gasteiger partial charge in [0.05, 0.1) is 11.5 Å². The number of nitrogens with two attached hydrogens (primary N) is 1. The van der Waals surface area contributed by atoms with Crippen molar-refractivity contribution in [3.05, 3.63) is 11.6 Å². The minimum atomic E-state index is -1.73. The first-order chi connectivity index (χ1) is 13.5. The second kappa shape index (κ2) is 6.22. The summed E-state index contributed by atoms with van der Waals surface area (Å²) in [7, 11) is 0. The lowest BCUT2D eigenvalue weighted by Gasteiger charge is -2.65. The highest BCUT2D eigenvalue weighted by Crippen LogP contribution is 2.72. The van der Waals surface area contributed by atoms with Crippen LogP contribution in [0.4, 0.5) is 0 Å². The molecular weight excluding hydrogens is 374 g/mol. The molecule has 0 radical (unpaired) electrons. The number of ketones is 2. The maximum Gasteiger partial charge on any atom is 0.227 e. The summed E-state index contributed by atoms with van der Waals surface area (Å²) in [5.74, 6) is -1.65. The van der Waals surface area contributed by atoms with Crippen LogP contribution in [0.3, 0.4) is 0 Å². The molecule has 7 heteroatoms. The van der Waals surface area contributed by atoms with Crippen molar-refractivity contribution < 1.29 is 29.7 Å². The van der Waals surface area contributed by atoms with E-state index in [4.69, 9.17) is 5.73 Å². The Morgan fingerprint density at radius 2 is 1.86 bits per heavy atom. The number of fused-ring (bicyclic) bond motifs is 5. The fourth-order valence-corrected chi connectivity index (χ4v) is 7.87. The van der Waals surface area contributed by atoms with E-state index in [-0.39, 0.29) is 30.5 Å². The number of allylic oxidation sites excluding steroid dienone is 1. The van der Waals surface area contributed by atoms with E-state index in [0.717, 1.165) is 5.57 Å². The molecule has 0 aliphatic heterocycles. The van der Waals surface area contributed by atoms with E-state index in [0.29, 0.717) is 32.1 Å². The number of primary amides is 1. The van der Waals surface area contributed by atoms with Crippen LogP contribution in [0.5, 0.6) is 0 Å². The molecule has 160 valence electrons. The molecule has 0 spiro atoms. The molecule has 0 saturated heterocycles. The van der Waals surface area contributed by atoms with E-state index in [1.54, 1.807) is 13.0 Å². The molecule has 3 saturated carbocycles. The fraction of sp³-hybridized carbons (Fsp3) is 0.773. The molecule has 29 heavy (non-hydrogen) atoms. The van der Waals surface area contributed by atoms with Gasteiger partial charge in [0.2, 0.25) is 5.91 Å². The Labute approximate surface area is 170 Å². The Morgan fingerprint density at radius 3 is 2.48 bits per heavy atom. The van der Waals surface area contributed by atoms with E-state index < -0.39 is 46.2 Å². The van der Waals surface area contributed by atoms with E-state index >= 15 is 0 Å². The van der Waals surface area contributed by atoms with Crippen molar-refractivity contribution in [3.63, 3.8) is 0 Å². The van der Waals surface area contributed by atoms with E-state index in [9.17, 15) is 29.7 Å². The molecule has 0 aromatic rings. The molecule has 7 nitrogen and oxygen atoms in total. The molecule has 0 unspecified atom stereocenters. The van der Waals surface area contributed by atoms with Crippen LogP contribution >= 0.6 is 0 Å². The molecule has 3 fully saturated rings. The number of aliphatic hydroxyl groups is 3. The molecule has 4 rings (SSSR count). The first kappa shape index (κ1) is 20.7. The van der Waals surface area contributed by atoms with Crippen LogP contribution in [0.1, 0.15) is 58.8 Å². The van der Waals surface area contributed by atoms with Gasteiger partial charge in [-0.25, -0.2) is 0 Å². The summed E-state index contributed by atoms with van der Waals surface area (Å²) >= 11 is 0. The SMILES string of the molecule is C[C@]12CCC(=O)C=C1CC[C@H]1[C@@H]3CC[C@](O)(C(=O)CO)[C@@]3(C)C[C@H](O)[C@@]12C(N)=O. The normalized spacial score (nSPS) is 48.9. The summed E-state index contributed by atoms with van der Waals surface area (Å²) in [6.07, 6.45) is 3.22. The first-order valence-electron chi connectivity index (χ1n) is 10.6. The van der Waals surface area contributed by atoms with Gasteiger partial charge in [-0.1, -0.05) is 19.4 Å². The van der Waals surface area contributed by atoms with Gasteiger partial charge in [0.1, 0.15) is 12.2 Å². The summed E-state index contributed by atoms with van der Waals surface area (Å²) in [4.78, 5) is 37.6. The summed E-state index contributed by atoms with van der Waals surface area (Å²) in [6, 6.07) is 0. The number of amides is 1. The zero-order valence-corrected chi connectivity index (χ0v) is 17.1. The second-order valence-electron chi connectivity index (χ2n) is 10.1. The van der Waals surface area contributed by atoms with Crippen LogP contribution in [0, 0.1) is 28.1 Å². The number of rotatable bonds is 3. The Bertz CT molecular complexity index is 822. The van der Waals surface area contributed by atoms with Crippen molar-refractivity contribution >= 4 is 17.5 Å². The van der Waals surface area contributed by atoms with Crippen molar-refractivity contribution in [2.45, 2.75) is 70.5 Å². The Balaban J connectivity index is 1.88. The number of aliphatic hydroxyl groups excluding tert-OH is 2. The summed E-state index contributed by atoms with van der Waals surface area (Å²) in [6.45, 7) is 2.98. The Kier molecular flexibility index (Phi) is 4.44. The van der Waals surface area contributed by atoms with Crippen molar-refractivity contribution in [1.82, 2.24) is 0 Å². The Morgan fingerprint density at radius 1 is 1.17 bits per heavy atom. The standard InChI is InChI=1S/C22H31NO6/c1-19-7-5-13(25)9-12(19)3-4-15-14-6-8-21(29,17(27)11-24)20(14,2)10-16(26)22(15,19)18(23)28/h9,14-16,24,26,29H,3-8,10-11H2,1-2H3,(H2,23,28)/t14-,15-,16-,19-,20-,21-,22+/m0/s1. The molecular formula is C22H31NO6. The average Bonchev–Trinajstić information content (AvgIpc) is 2.92. The number of carbonyl (C=O) groups is 3. The molecule has 7 atom stereocenters. The van der Waals surface area contributed by atoms with Gasteiger partial charge in [-0.15, -0.1) is 0 Å². The van der Waals surface area contributed by atoms with E-state index in [1.807, 2.05) is 6.92 Å². The van der Waals surface area contributed by atoms with Crippen LogP contribution < -0.4 is 5.73 Å². The van der Waals surface area contributed by atoms with Crippen LogP contribution in [0.15, 0.2) is 11.6 Å². The fourth-order valence-electron chi connectivity index (χ4n) is 7.87. The second-order valence-corrected chi connectivity index (χ2v) is 10.1. The average molecular weight is 405 g/mol. The zero-order valence-electron chi connectivity index (χ0n) is 17.1. The predicted molar refractivity (Wildman–Crippen MR) is 103 cm³/mol. The quantitative estimate of drug-likeness (QED) is 0.544. The molecule has 1 amide bonds. The summed E-state index contributed by atoms with van der Waals surface area (Å²) in [5.41, 5.74) is 2.27. The third-order valence-electron chi connectivity index (χ3n) is 9.36. The lowest BCUT2D eigenvalue weighted by atomic mass is 9.38. The minimum Gasteiger partial charge on any atom is -0.392 e. The van der Waals surface area contributed by atoms with Gasteiger partial charge in [-0.3, -0.25) is 14.4 Å². The van der Waals surface area contributed by atoms with Crippen LogP contribution in [0.2, 0.25) is 0 Å². The maximum absolute atomic E-state index is 13.1. The molecule has 0 aromatic carbocycles. The van der Waals surface area contributed by atoms with Crippen molar-refractivity contribution in [2.24, 2.45) is 33.8 Å². The van der Waals surface area contributed by atoms with Gasteiger partial charge in [0.15, 0.2) is 11.6 Å². The van der Waals surface area contributed by atoms with Gasteiger partial charge < -0.3 is 21.1 Å². The first-order valence-corrected chi connectivity index (χ1v) is 10.6. The van der Waals surface area contributed by atoms with E-state index in [2.05, 4.69) is 0 Å². The number of carbonyl (C=O) groups excluding carboxylic acids is 3. The Hall–Kier alpha value is -1.57. The number of hydrogen-bond donors (Lipinski definition) is 4. The highest BCUT2D eigenvalue weighted by molar-refractivity contribution is 5.93. The monoisotopic (exact) mass is 405 g/mol. The van der Waals surface area contributed by atoms with Crippen molar-refractivity contribution in [3.8, 4) is 0 Å². The molecule has 4 aliphatic carbocycles. The molecule has 0 aromatic heterocycles. The van der Waals surface area contributed by atoms with Crippen LogP contribution in [0.25, 0.3) is 0 Å². The van der Waals surface area contributed by atoms with Gasteiger partial charge in [-0.2, -0.15) is 0 Å². The third kappa shape index (κ3) is 2.21. The molecule has 0 heterocycles. The lowest BCUT2D eigenvalue weighted by Crippen LogP contribution is -2.71. The minimum absolute atomic E-state index is 0.0365. The molecule has 4 aliphatic rings. The van der Waals surface area contributed by atoms with Gasteiger partial charge in [0.25, 0.3) is 0 Å².